The summed E-state index contributed by atoms with van der Waals surface area (Å²) in [4.78, 5) is 13.9. The van der Waals surface area contributed by atoms with Crippen molar-refractivity contribution in [3.05, 3.63) is 93.4 Å². The fourth-order valence-electron chi connectivity index (χ4n) is 3.28. The Morgan fingerprint density at radius 1 is 0.968 bits per heavy atom. The molecule has 0 spiro atoms. The third kappa shape index (κ3) is 4.50. The molecule has 0 bridgehead atoms. The van der Waals surface area contributed by atoms with Crippen molar-refractivity contribution >= 4 is 27.3 Å². The highest BCUT2D eigenvalue weighted by molar-refractivity contribution is 7.93. The lowest BCUT2D eigenvalue weighted by Gasteiger charge is -2.38. The van der Waals surface area contributed by atoms with E-state index in [1.165, 1.54) is 24.3 Å². The molecule has 0 aliphatic rings. The molecule has 3 aromatic rings. The zero-order valence-corrected chi connectivity index (χ0v) is 18.6. The lowest BCUT2D eigenvalue weighted by molar-refractivity contribution is 0.0431. The van der Waals surface area contributed by atoms with E-state index < -0.39 is 38.2 Å². The van der Waals surface area contributed by atoms with Crippen molar-refractivity contribution in [2.45, 2.75) is 37.1 Å². The van der Waals surface area contributed by atoms with Crippen LogP contribution in [-0.2, 0) is 15.9 Å². The maximum Gasteiger partial charge on any atom is 0.300 e. The summed E-state index contributed by atoms with van der Waals surface area (Å²) in [5.74, 6) is -3.69. The van der Waals surface area contributed by atoms with E-state index in [9.17, 15) is 13.2 Å². The Morgan fingerprint density at radius 3 is 2.19 bits per heavy atom. The maximum atomic E-state index is 15.6. The first-order chi connectivity index (χ1) is 14.3. The van der Waals surface area contributed by atoms with E-state index in [4.69, 9.17) is 11.6 Å². The summed E-state index contributed by atoms with van der Waals surface area (Å²) < 4.78 is 59.2. The smallest absolute Gasteiger partial charge is 0.300 e. The van der Waals surface area contributed by atoms with E-state index in [1.54, 1.807) is 39.0 Å². The summed E-state index contributed by atoms with van der Waals surface area (Å²) in [6.07, 6.45) is 1.11. The number of rotatable bonds is 5. The first kappa shape index (κ1) is 23.0. The van der Waals surface area contributed by atoms with Gasteiger partial charge >= 0.3 is 5.92 Å². The van der Waals surface area contributed by atoms with Crippen LogP contribution in [0.3, 0.4) is 0 Å². The van der Waals surface area contributed by atoms with Crippen molar-refractivity contribution < 1.29 is 17.2 Å². The molecule has 164 valence electrons. The molecule has 0 aliphatic carbocycles. The van der Waals surface area contributed by atoms with Crippen LogP contribution in [0.1, 0.15) is 31.9 Å². The van der Waals surface area contributed by atoms with Crippen molar-refractivity contribution in [3.8, 4) is 0 Å². The molecule has 1 aromatic heterocycles. The van der Waals surface area contributed by atoms with Crippen LogP contribution in [0.15, 0.2) is 76.6 Å². The summed E-state index contributed by atoms with van der Waals surface area (Å²) in [5, 5.41) is 0.00855. The van der Waals surface area contributed by atoms with Crippen LogP contribution in [-0.4, -0.2) is 18.9 Å². The highest BCUT2D eigenvalue weighted by Crippen LogP contribution is 2.44. The van der Waals surface area contributed by atoms with E-state index in [0.717, 1.165) is 28.7 Å². The lowest BCUT2D eigenvalue weighted by Crippen LogP contribution is -2.46. The van der Waals surface area contributed by atoms with Crippen molar-refractivity contribution in [2.24, 2.45) is 0 Å². The molecule has 5 nitrogen and oxygen atoms in total. The van der Waals surface area contributed by atoms with Gasteiger partial charge in [-0.1, -0.05) is 29.8 Å². The second kappa shape index (κ2) is 8.09. The van der Waals surface area contributed by atoms with Gasteiger partial charge in [0.25, 0.3) is 10.0 Å². The summed E-state index contributed by atoms with van der Waals surface area (Å²) in [6.45, 7) is 4.83. The fraction of sp³-hybridized carbons (Fsp3) is 0.227. The standard InChI is InChI=1S/C22H21ClF2N2O3S/c1-21(2,3)27(31(29,30)17-7-5-4-6-8-17)19-10-9-16(23)14-18(19)22(24,25)15-11-12-26-20(28)13-15/h4-14H,1-3H3,(H,26,28). The molecule has 3 rings (SSSR count). The molecule has 0 saturated heterocycles. The summed E-state index contributed by atoms with van der Waals surface area (Å²) in [7, 11) is -4.21. The number of halogens is 3. The summed E-state index contributed by atoms with van der Waals surface area (Å²) >= 11 is 6.02. The molecule has 0 radical (unpaired) electrons. The minimum absolute atomic E-state index is 0.00855. The minimum atomic E-state index is -4.21. The number of pyridine rings is 1. The Balaban J connectivity index is 2.32. The van der Waals surface area contributed by atoms with Gasteiger partial charge in [-0.2, -0.15) is 8.78 Å². The highest BCUT2D eigenvalue weighted by atomic mass is 35.5. The molecular formula is C22H21ClF2N2O3S. The third-order valence-corrected chi connectivity index (χ3v) is 6.87. The number of nitrogens with one attached hydrogen (secondary N) is 1. The monoisotopic (exact) mass is 466 g/mol. The van der Waals surface area contributed by atoms with Crippen molar-refractivity contribution in [3.63, 3.8) is 0 Å². The molecular weight excluding hydrogens is 446 g/mol. The van der Waals surface area contributed by atoms with Crippen molar-refractivity contribution in [1.82, 2.24) is 4.98 Å². The fourth-order valence-corrected chi connectivity index (χ4v) is 5.30. The zero-order valence-electron chi connectivity index (χ0n) is 17.1. The second-order valence-electron chi connectivity index (χ2n) is 7.93. The molecule has 9 heteroatoms. The average molecular weight is 467 g/mol. The Bertz CT molecular complexity index is 1250. The van der Waals surface area contributed by atoms with Crippen molar-refractivity contribution in [1.29, 1.82) is 0 Å². The van der Waals surface area contributed by atoms with Crippen LogP contribution in [0.5, 0.6) is 0 Å². The molecule has 2 aromatic carbocycles. The maximum absolute atomic E-state index is 15.6. The highest BCUT2D eigenvalue weighted by Gasteiger charge is 2.43. The Kier molecular flexibility index (Phi) is 5.99. The number of aromatic amines is 1. The number of H-pyrrole nitrogens is 1. The molecule has 0 fully saturated rings. The van der Waals surface area contributed by atoms with E-state index in [-0.39, 0.29) is 15.6 Å². The summed E-state index contributed by atoms with van der Waals surface area (Å²) in [5.41, 5.74) is -3.23. The number of hydrogen-bond acceptors (Lipinski definition) is 3. The van der Waals surface area contributed by atoms with Crippen LogP contribution >= 0.6 is 11.6 Å². The Morgan fingerprint density at radius 2 is 1.61 bits per heavy atom. The van der Waals surface area contributed by atoms with Gasteiger partial charge in [0.15, 0.2) is 0 Å². The van der Waals surface area contributed by atoms with Gasteiger partial charge < -0.3 is 4.98 Å². The van der Waals surface area contributed by atoms with Crippen molar-refractivity contribution in [2.75, 3.05) is 4.31 Å². The number of benzene rings is 2. The predicted octanol–water partition coefficient (Wildman–Crippen LogP) is 5.16. The molecule has 0 saturated carbocycles. The summed E-state index contributed by atoms with van der Waals surface area (Å²) in [6, 6.07) is 13.1. The predicted molar refractivity (Wildman–Crippen MR) is 117 cm³/mol. The molecule has 1 heterocycles. The minimum Gasteiger partial charge on any atom is -0.329 e. The molecule has 0 unspecified atom stereocenters. The van der Waals surface area contributed by atoms with Crippen LogP contribution in [0.25, 0.3) is 0 Å². The van der Waals surface area contributed by atoms with Crippen LogP contribution in [0.2, 0.25) is 5.02 Å². The lowest BCUT2D eigenvalue weighted by atomic mass is 9.98. The molecule has 1 N–H and O–H groups in total. The van der Waals surface area contributed by atoms with E-state index >= 15 is 8.78 Å². The molecule has 0 amide bonds. The van der Waals surface area contributed by atoms with Gasteiger partial charge in [0.1, 0.15) is 0 Å². The van der Waals surface area contributed by atoms with Gasteiger partial charge in [-0.25, -0.2) is 8.42 Å². The number of sulfonamides is 1. The number of alkyl halides is 2. The van der Waals surface area contributed by atoms with E-state index in [2.05, 4.69) is 4.98 Å². The van der Waals surface area contributed by atoms with E-state index in [0.29, 0.717) is 0 Å². The number of anilines is 1. The number of nitrogens with zero attached hydrogens (tertiary/aromatic N) is 1. The van der Waals surface area contributed by atoms with Crippen LogP contribution < -0.4 is 9.86 Å². The third-order valence-electron chi connectivity index (χ3n) is 4.54. The second-order valence-corrected chi connectivity index (χ2v) is 10.2. The SMILES string of the molecule is CC(C)(C)N(c1ccc(Cl)cc1C(F)(F)c1cc[nH]c(=O)c1)S(=O)(=O)c1ccccc1. The molecule has 0 aliphatic heterocycles. The zero-order chi connectivity index (χ0) is 23.0. The largest absolute Gasteiger partial charge is 0.329 e. The van der Waals surface area contributed by atoms with Gasteiger partial charge in [-0.15, -0.1) is 0 Å². The molecule has 31 heavy (non-hydrogen) atoms. The van der Waals surface area contributed by atoms with Gasteiger partial charge in [-0.3, -0.25) is 9.10 Å². The topological polar surface area (TPSA) is 70.2 Å². The Labute approximate surface area is 184 Å². The van der Waals surface area contributed by atoms with Gasteiger partial charge in [0.05, 0.1) is 16.1 Å². The normalized spacial score (nSPS) is 12.6. The first-order valence-electron chi connectivity index (χ1n) is 9.33. The van der Waals surface area contributed by atoms with Crippen LogP contribution in [0, 0.1) is 0 Å². The average Bonchev–Trinajstić information content (AvgIpc) is 2.68. The van der Waals surface area contributed by atoms with Gasteiger partial charge in [-0.05, 0) is 57.2 Å². The molecule has 0 atom stereocenters. The first-order valence-corrected chi connectivity index (χ1v) is 11.1. The number of hydrogen-bond donors (Lipinski definition) is 1. The quantitative estimate of drug-likeness (QED) is 0.564. The Hall–Kier alpha value is -2.71. The van der Waals surface area contributed by atoms with E-state index in [1.807, 2.05) is 0 Å². The van der Waals surface area contributed by atoms with Gasteiger partial charge in [0.2, 0.25) is 5.56 Å². The van der Waals surface area contributed by atoms with Crippen LogP contribution in [0.4, 0.5) is 14.5 Å². The number of aromatic nitrogens is 1. The van der Waals surface area contributed by atoms with Gasteiger partial charge in [0, 0.05) is 28.4 Å².